The zero-order valence-corrected chi connectivity index (χ0v) is 14.0. The Hall–Kier alpha value is 0.670. The van der Waals surface area contributed by atoms with Gasteiger partial charge in [-0.1, -0.05) is 11.6 Å². The van der Waals surface area contributed by atoms with Crippen molar-refractivity contribution in [3.05, 3.63) is 14.9 Å². The highest BCUT2D eigenvalue weighted by atomic mass is 79.9. The second-order valence-corrected chi connectivity index (χ2v) is 8.86. The van der Waals surface area contributed by atoms with Crippen LogP contribution in [-0.2, 0) is 10.0 Å². The molecule has 0 aromatic carbocycles. The molecule has 3 nitrogen and oxygen atoms in total. The van der Waals surface area contributed by atoms with E-state index >= 15 is 0 Å². The third-order valence-corrected chi connectivity index (χ3v) is 7.23. The predicted octanol–water partition coefficient (Wildman–Crippen LogP) is 3.80. The van der Waals surface area contributed by atoms with Crippen molar-refractivity contribution in [2.24, 2.45) is 0 Å². The Morgan fingerprint density at radius 1 is 1.53 bits per heavy atom. The fourth-order valence-electron chi connectivity index (χ4n) is 1.31. The van der Waals surface area contributed by atoms with Gasteiger partial charge in [-0.25, -0.2) is 8.42 Å². The maximum atomic E-state index is 12.3. The van der Waals surface area contributed by atoms with E-state index in [2.05, 4.69) is 15.9 Å². The summed E-state index contributed by atoms with van der Waals surface area (Å²) in [6.07, 6.45) is 0. The second-order valence-electron chi connectivity index (χ2n) is 3.59. The molecule has 0 N–H and O–H groups in total. The normalized spacial score (nSPS) is 12.6. The van der Waals surface area contributed by atoms with E-state index in [-0.39, 0.29) is 22.7 Å². The molecular weight excluding hydrogens is 369 g/mol. The minimum absolute atomic E-state index is 0.140. The van der Waals surface area contributed by atoms with Crippen LogP contribution in [0.25, 0.3) is 0 Å². The molecule has 0 radical (unpaired) electrons. The molecular formula is C9H12BrCl2NO2S2. The largest absolute Gasteiger partial charge is 0.252 e. The van der Waals surface area contributed by atoms with Gasteiger partial charge in [0.1, 0.15) is 4.21 Å². The summed E-state index contributed by atoms with van der Waals surface area (Å²) in [5.41, 5.74) is 0. The maximum Gasteiger partial charge on any atom is 0.252 e. The minimum atomic E-state index is -3.51. The summed E-state index contributed by atoms with van der Waals surface area (Å²) in [6.45, 7) is 3.91. The molecule has 0 aliphatic heterocycles. The molecule has 1 heterocycles. The van der Waals surface area contributed by atoms with Crippen LogP contribution >= 0.6 is 50.5 Å². The predicted molar refractivity (Wildman–Crippen MR) is 76.8 cm³/mol. The SMILES string of the molecule is CC(C)N(CCCl)S(=O)(=O)c1cc(Cl)c(Br)s1. The first-order valence-electron chi connectivity index (χ1n) is 4.83. The van der Waals surface area contributed by atoms with Gasteiger partial charge >= 0.3 is 0 Å². The highest BCUT2D eigenvalue weighted by molar-refractivity contribution is 9.11. The third kappa shape index (κ3) is 3.58. The standard InChI is InChI=1S/C9H12BrCl2NO2S2/c1-6(2)13(4-3-11)17(14,15)8-5-7(12)9(10)16-8/h5-6H,3-4H2,1-2H3. The quantitative estimate of drug-likeness (QED) is 0.728. The Morgan fingerprint density at radius 2 is 2.12 bits per heavy atom. The van der Waals surface area contributed by atoms with Crippen molar-refractivity contribution in [3.8, 4) is 0 Å². The van der Waals surface area contributed by atoms with Crippen molar-refractivity contribution < 1.29 is 8.42 Å². The number of sulfonamides is 1. The molecule has 0 saturated carbocycles. The number of nitrogens with zero attached hydrogens (tertiary/aromatic N) is 1. The van der Waals surface area contributed by atoms with Gasteiger partial charge in [0.25, 0.3) is 10.0 Å². The van der Waals surface area contributed by atoms with Gasteiger partial charge in [-0.15, -0.1) is 22.9 Å². The summed E-state index contributed by atoms with van der Waals surface area (Å²) in [7, 11) is -3.51. The number of halogens is 3. The maximum absolute atomic E-state index is 12.3. The Bertz CT molecular complexity index is 468. The first kappa shape index (κ1) is 15.7. The lowest BCUT2D eigenvalue weighted by Crippen LogP contribution is -2.37. The fourth-order valence-corrected chi connectivity index (χ4v) is 5.76. The van der Waals surface area contributed by atoms with E-state index in [1.54, 1.807) is 0 Å². The first-order chi connectivity index (χ1) is 7.80. The fraction of sp³-hybridized carbons (Fsp3) is 0.556. The van der Waals surface area contributed by atoms with Crippen LogP contribution in [-0.4, -0.2) is 31.2 Å². The number of rotatable bonds is 5. The van der Waals surface area contributed by atoms with E-state index in [0.717, 1.165) is 11.3 Å². The highest BCUT2D eigenvalue weighted by Crippen LogP contribution is 2.36. The van der Waals surface area contributed by atoms with E-state index in [4.69, 9.17) is 23.2 Å². The van der Waals surface area contributed by atoms with Crippen molar-refractivity contribution in [1.82, 2.24) is 4.31 Å². The molecule has 0 spiro atoms. The zero-order valence-electron chi connectivity index (χ0n) is 9.28. The number of hydrogen-bond donors (Lipinski definition) is 0. The molecule has 0 unspecified atom stereocenters. The van der Waals surface area contributed by atoms with Gasteiger partial charge < -0.3 is 0 Å². The first-order valence-corrected chi connectivity index (χ1v) is 8.79. The van der Waals surface area contributed by atoms with E-state index in [0.29, 0.717) is 8.81 Å². The molecule has 0 saturated heterocycles. The Morgan fingerprint density at radius 3 is 2.47 bits per heavy atom. The molecule has 17 heavy (non-hydrogen) atoms. The van der Waals surface area contributed by atoms with Gasteiger partial charge in [-0.2, -0.15) is 4.31 Å². The zero-order chi connectivity index (χ0) is 13.2. The van der Waals surface area contributed by atoms with Crippen molar-refractivity contribution in [2.45, 2.75) is 24.1 Å². The molecule has 0 bridgehead atoms. The molecule has 0 aliphatic carbocycles. The van der Waals surface area contributed by atoms with Gasteiger partial charge in [0.05, 0.1) is 8.81 Å². The molecule has 0 fully saturated rings. The average molecular weight is 381 g/mol. The van der Waals surface area contributed by atoms with Crippen LogP contribution in [0.5, 0.6) is 0 Å². The molecule has 1 aromatic heterocycles. The number of alkyl halides is 1. The minimum Gasteiger partial charge on any atom is -0.206 e. The molecule has 8 heteroatoms. The number of thiophene rings is 1. The lowest BCUT2D eigenvalue weighted by atomic mass is 10.4. The summed E-state index contributed by atoms with van der Waals surface area (Å²) >= 11 is 15.8. The van der Waals surface area contributed by atoms with E-state index in [1.807, 2.05) is 13.8 Å². The Balaban J connectivity index is 3.16. The van der Waals surface area contributed by atoms with Gasteiger partial charge in [-0.3, -0.25) is 0 Å². The topological polar surface area (TPSA) is 37.4 Å². The van der Waals surface area contributed by atoms with Crippen molar-refractivity contribution >= 4 is 60.5 Å². The lowest BCUT2D eigenvalue weighted by Gasteiger charge is -2.24. The Labute approximate surface area is 124 Å². The molecule has 0 amide bonds. The smallest absolute Gasteiger partial charge is 0.206 e. The van der Waals surface area contributed by atoms with E-state index < -0.39 is 10.0 Å². The average Bonchev–Trinajstić information content (AvgIpc) is 2.55. The number of hydrogen-bond acceptors (Lipinski definition) is 3. The summed E-state index contributed by atoms with van der Waals surface area (Å²) in [4.78, 5) is 0. The molecule has 0 aliphatic rings. The molecule has 98 valence electrons. The molecule has 0 atom stereocenters. The van der Waals surface area contributed by atoms with Gasteiger partial charge in [0.2, 0.25) is 0 Å². The van der Waals surface area contributed by atoms with Crippen LogP contribution in [0.2, 0.25) is 5.02 Å². The summed E-state index contributed by atoms with van der Waals surface area (Å²) < 4.78 is 26.9. The van der Waals surface area contributed by atoms with Crippen LogP contribution in [0, 0.1) is 0 Å². The molecule has 1 rings (SSSR count). The van der Waals surface area contributed by atoms with Gasteiger partial charge in [-0.05, 0) is 35.8 Å². The van der Waals surface area contributed by atoms with Crippen LogP contribution in [0.15, 0.2) is 14.1 Å². The van der Waals surface area contributed by atoms with Gasteiger partial charge in [0, 0.05) is 18.5 Å². The van der Waals surface area contributed by atoms with Crippen molar-refractivity contribution in [1.29, 1.82) is 0 Å². The Kier molecular flexibility index (Phi) is 5.75. The van der Waals surface area contributed by atoms with Crippen molar-refractivity contribution in [3.63, 3.8) is 0 Å². The van der Waals surface area contributed by atoms with Crippen LogP contribution in [0.3, 0.4) is 0 Å². The monoisotopic (exact) mass is 379 g/mol. The van der Waals surface area contributed by atoms with Crippen molar-refractivity contribution in [2.75, 3.05) is 12.4 Å². The lowest BCUT2D eigenvalue weighted by molar-refractivity contribution is 0.371. The summed E-state index contributed by atoms with van der Waals surface area (Å²) in [6, 6.07) is 1.31. The molecule has 1 aromatic rings. The van der Waals surface area contributed by atoms with E-state index in [1.165, 1.54) is 10.4 Å². The van der Waals surface area contributed by atoms with Crippen LogP contribution < -0.4 is 0 Å². The van der Waals surface area contributed by atoms with Crippen LogP contribution in [0.4, 0.5) is 0 Å². The highest BCUT2D eigenvalue weighted by Gasteiger charge is 2.28. The summed E-state index contributed by atoms with van der Waals surface area (Å²) in [5.74, 6) is 0.262. The van der Waals surface area contributed by atoms with Gasteiger partial charge in [0.15, 0.2) is 0 Å². The second kappa shape index (κ2) is 6.21. The van der Waals surface area contributed by atoms with E-state index in [9.17, 15) is 8.42 Å². The third-order valence-electron chi connectivity index (χ3n) is 2.07. The van der Waals surface area contributed by atoms with Crippen LogP contribution in [0.1, 0.15) is 13.8 Å². The summed E-state index contributed by atoms with van der Waals surface area (Å²) in [5, 5.41) is 0.406.